The fraction of sp³-hybridized carbons (Fsp3) is 0.600. The van der Waals surface area contributed by atoms with Crippen LogP contribution in [0.4, 0.5) is 0 Å². The van der Waals surface area contributed by atoms with Gasteiger partial charge in [0.2, 0.25) is 11.7 Å². The van der Waals surface area contributed by atoms with Gasteiger partial charge in [0.05, 0.1) is 0 Å². The Morgan fingerprint density at radius 2 is 2.18 bits per heavy atom. The summed E-state index contributed by atoms with van der Waals surface area (Å²) >= 11 is 0. The molecule has 1 aromatic rings. The van der Waals surface area contributed by atoms with E-state index in [-0.39, 0.29) is 11.7 Å². The molecule has 1 heterocycles. The molecule has 0 bridgehead atoms. The number of H-pyrrole nitrogens is 1. The normalized spacial score (nSPS) is 12.2. The molecule has 0 saturated heterocycles. The van der Waals surface area contributed by atoms with E-state index in [2.05, 4.69) is 25.8 Å². The molecule has 7 nitrogen and oxygen atoms in total. The van der Waals surface area contributed by atoms with Crippen LogP contribution in [0.1, 0.15) is 30.9 Å². The van der Waals surface area contributed by atoms with Crippen LogP contribution < -0.4 is 10.6 Å². The first-order valence-corrected chi connectivity index (χ1v) is 5.42. The van der Waals surface area contributed by atoms with Gasteiger partial charge in [0.25, 0.3) is 5.91 Å². The van der Waals surface area contributed by atoms with Crippen molar-refractivity contribution in [2.24, 2.45) is 5.92 Å². The number of hydrogen-bond donors (Lipinski definition) is 3. The van der Waals surface area contributed by atoms with E-state index >= 15 is 0 Å². The highest BCUT2D eigenvalue weighted by atomic mass is 16.2. The van der Waals surface area contributed by atoms with Gasteiger partial charge in [-0.1, -0.05) is 13.8 Å². The Hall–Kier alpha value is -1.92. The second-order valence-electron chi connectivity index (χ2n) is 4.10. The predicted molar refractivity (Wildman–Crippen MR) is 61.2 cm³/mol. The highest BCUT2D eigenvalue weighted by Crippen LogP contribution is 2.05. The van der Waals surface area contributed by atoms with E-state index in [1.807, 2.05) is 13.8 Å². The van der Waals surface area contributed by atoms with Crippen molar-refractivity contribution in [3.05, 3.63) is 12.2 Å². The molecule has 0 aliphatic heterocycles. The molecule has 0 saturated carbocycles. The first-order valence-electron chi connectivity index (χ1n) is 5.42. The summed E-state index contributed by atoms with van der Waals surface area (Å²) in [7, 11) is 1.54. The SMILES string of the molecule is CNC(=O)C(CC(C)C)NC(=O)c1ncn[nH]1. The van der Waals surface area contributed by atoms with Crippen LogP contribution in [0, 0.1) is 5.92 Å². The summed E-state index contributed by atoms with van der Waals surface area (Å²) < 4.78 is 0. The molecule has 0 aliphatic carbocycles. The van der Waals surface area contributed by atoms with Crippen molar-refractivity contribution in [3.63, 3.8) is 0 Å². The van der Waals surface area contributed by atoms with E-state index in [0.717, 1.165) is 0 Å². The van der Waals surface area contributed by atoms with Crippen LogP contribution in [0.2, 0.25) is 0 Å². The van der Waals surface area contributed by atoms with E-state index in [1.165, 1.54) is 13.4 Å². The molecule has 1 rings (SSSR count). The smallest absolute Gasteiger partial charge is 0.289 e. The number of hydrogen-bond acceptors (Lipinski definition) is 4. The molecular formula is C10H17N5O2. The molecule has 3 N–H and O–H groups in total. The zero-order valence-corrected chi connectivity index (χ0v) is 10.2. The van der Waals surface area contributed by atoms with Crippen LogP contribution in [-0.4, -0.2) is 40.1 Å². The van der Waals surface area contributed by atoms with Gasteiger partial charge in [-0.25, -0.2) is 4.98 Å². The minimum Gasteiger partial charge on any atom is -0.357 e. The number of nitrogens with one attached hydrogen (secondary N) is 3. The Morgan fingerprint density at radius 3 is 2.65 bits per heavy atom. The van der Waals surface area contributed by atoms with Crippen molar-refractivity contribution >= 4 is 11.8 Å². The average molecular weight is 239 g/mol. The van der Waals surface area contributed by atoms with Crippen molar-refractivity contribution in [2.75, 3.05) is 7.05 Å². The van der Waals surface area contributed by atoms with E-state index in [1.54, 1.807) is 0 Å². The predicted octanol–water partition coefficient (Wildman–Crippen LogP) is -0.305. The molecule has 17 heavy (non-hydrogen) atoms. The topological polar surface area (TPSA) is 99.8 Å². The van der Waals surface area contributed by atoms with Gasteiger partial charge in [-0.2, -0.15) is 5.10 Å². The maximum absolute atomic E-state index is 11.7. The fourth-order valence-corrected chi connectivity index (χ4v) is 1.42. The lowest BCUT2D eigenvalue weighted by atomic mass is 10.0. The number of aromatic amines is 1. The Balaban J connectivity index is 2.66. The summed E-state index contributed by atoms with van der Waals surface area (Å²) in [5, 5.41) is 11.2. The quantitative estimate of drug-likeness (QED) is 0.656. The number of nitrogens with zero attached hydrogens (tertiary/aromatic N) is 2. The minimum absolute atomic E-state index is 0.0997. The summed E-state index contributed by atoms with van der Waals surface area (Å²) in [5.74, 6) is -0.252. The van der Waals surface area contributed by atoms with Crippen LogP contribution >= 0.6 is 0 Å². The van der Waals surface area contributed by atoms with E-state index in [9.17, 15) is 9.59 Å². The molecule has 1 atom stereocenters. The van der Waals surface area contributed by atoms with Gasteiger partial charge in [0.15, 0.2) is 0 Å². The number of carbonyl (C=O) groups is 2. The van der Waals surface area contributed by atoms with Gasteiger partial charge < -0.3 is 10.6 Å². The maximum atomic E-state index is 11.7. The van der Waals surface area contributed by atoms with E-state index in [4.69, 9.17) is 0 Å². The van der Waals surface area contributed by atoms with Crippen molar-refractivity contribution < 1.29 is 9.59 Å². The fourth-order valence-electron chi connectivity index (χ4n) is 1.42. The van der Waals surface area contributed by atoms with Gasteiger partial charge >= 0.3 is 0 Å². The number of amides is 2. The standard InChI is InChI=1S/C10H17N5O2/c1-6(2)4-7(9(16)11-3)14-10(17)8-12-5-13-15-8/h5-7H,4H2,1-3H3,(H,11,16)(H,14,17)(H,12,13,15). The number of likely N-dealkylation sites (N-methyl/N-ethyl adjacent to an activating group) is 1. The molecule has 0 radical (unpaired) electrons. The monoisotopic (exact) mass is 239 g/mol. The highest BCUT2D eigenvalue weighted by Gasteiger charge is 2.22. The molecule has 0 aliphatic rings. The van der Waals surface area contributed by atoms with E-state index < -0.39 is 11.9 Å². The third kappa shape index (κ3) is 3.86. The third-order valence-corrected chi connectivity index (χ3v) is 2.21. The highest BCUT2D eigenvalue weighted by molar-refractivity contribution is 5.94. The minimum atomic E-state index is -0.558. The summed E-state index contributed by atoms with van der Waals surface area (Å²) in [6, 6.07) is -0.558. The van der Waals surface area contributed by atoms with Crippen LogP contribution in [0.5, 0.6) is 0 Å². The Kier molecular flexibility index (Phi) is 4.62. The molecule has 2 amide bonds. The lowest BCUT2D eigenvalue weighted by Crippen LogP contribution is -2.46. The first kappa shape index (κ1) is 13.1. The van der Waals surface area contributed by atoms with Crippen LogP contribution in [0.3, 0.4) is 0 Å². The molecule has 0 spiro atoms. The molecule has 0 fully saturated rings. The number of rotatable bonds is 5. The van der Waals surface area contributed by atoms with Gasteiger partial charge in [-0.05, 0) is 12.3 Å². The zero-order chi connectivity index (χ0) is 12.8. The van der Waals surface area contributed by atoms with Gasteiger partial charge in [-0.3, -0.25) is 14.7 Å². The average Bonchev–Trinajstić information content (AvgIpc) is 2.79. The summed E-state index contributed by atoms with van der Waals surface area (Å²) in [5.41, 5.74) is 0. The van der Waals surface area contributed by atoms with Gasteiger partial charge in [-0.15, -0.1) is 0 Å². The second kappa shape index (κ2) is 5.97. The summed E-state index contributed by atoms with van der Waals surface area (Å²) in [6.45, 7) is 3.97. The molecule has 1 aromatic heterocycles. The summed E-state index contributed by atoms with van der Waals surface area (Å²) in [4.78, 5) is 27.0. The lowest BCUT2D eigenvalue weighted by Gasteiger charge is -2.18. The maximum Gasteiger partial charge on any atom is 0.289 e. The van der Waals surface area contributed by atoms with E-state index in [0.29, 0.717) is 12.3 Å². The Morgan fingerprint density at radius 1 is 1.47 bits per heavy atom. The zero-order valence-electron chi connectivity index (χ0n) is 10.2. The lowest BCUT2D eigenvalue weighted by molar-refractivity contribution is -0.122. The Bertz CT molecular complexity index is 374. The first-order chi connectivity index (χ1) is 8.04. The number of aromatic nitrogens is 3. The van der Waals surface area contributed by atoms with Crippen molar-refractivity contribution in [2.45, 2.75) is 26.3 Å². The van der Waals surface area contributed by atoms with Gasteiger partial charge in [0, 0.05) is 7.05 Å². The van der Waals surface area contributed by atoms with Crippen LogP contribution in [-0.2, 0) is 4.79 Å². The van der Waals surface area contributed by atoms with Crippen molar-refractivity contribution in [1.29, 1.82) is 0 Å². The third-order valence-electron chi connectivity index (χ3n) is 2.21. The molecule has 94 valence electrons. The van der Waals surface area contributed by atoms with Gasteiger partial charge in [0.1, 0.15) is 12.4 Å². The summed E-state index contributed by atoms with van der Waals surface area (Å²) in [6.07, 6.45) is 1.81. The number of carbonyl (C=O) groups excluding carboxylic acids is 2. The van der Waals surface area contributed by atoms with Crippen molar-refractivity contribution in [1.82, 2.24) is 25.8 Å². The molecular weight excluding hydrogens is 222 g/mol. The van der Waals surface area contributed by atoms with Crippen LogP contribution in [0.25, 0.3) is 0 Å². The van der Waals surface area contributed by atoms with Crippen LogP contribution in [0.15, 0.2) is 6.33 Å². The second-order valence-corrected chi connectivity index (χ2v) is 4.10. The Labute approximate surface area is 99.4 Å². The molecule has 1 unspecified atom stereocenters. The largest absolute Gasteiger partial charge is 0.357 e. The molecule has 7 heteroatoms. The van der Waals surface area contributed by atoms with Crippen molar-refractivity contribution in [3.8, 4) is 0 Å². The molecule has 0 aromatic carbocycles.